The van der Waals surface area contributed by atoms with E-state index in [4.69, 9.17) is 14.2 Å². The molecule has 1 fully saturated rings. The van der Waals surface area contributed by atoms with Gasteiger partial charge >= 0.3 is 0 Å². The maximum Gasteiger partial charge on any atom is 0.161 e. The van der Waals surface area contributed by atoms with Gasteiger partial charge in [-0.25, -0.2) is 0 Å². The summed E-state index contributed by atoms with van der Waals surface area (Å²) in [7, 11) is 1.56. The van der Waals surface area contributed by atoms with E-state index >= 15 is 0 Å². The Bertz CT molecular complexity index is 396. The Labute approximate surface area is 94.1 Å². The second-order valence-electron chi connectivity index (χ2n) is 3.69. The van der Waals surface area contributed by atoms with E-state index in [-0.39, 0.29) is 11.9 Å². The van der Waals surface area contributed by atoms with Crippen molar-refractivity contribution < 1.29 is 19.0 Å². The van der Waals surface area contributed by atoms with Gasteiger partial charge in [-0.05, 0) is 25.1 Å². The van der Waals surface area contributed by atoms with Crippen LogP contribution in [0.5, 0.6) is 11.5 Å². The first-order valence-electron chi connectivity index (χ1n) is 5.14. The Kier molecular flexibility index (Phi) is 3.10. The minimum absolute atomic E-state index is 0.00961. The Morgan fingerprint density at radius 1 is 1.50 bits per heavy atom. The lowest BCUT2D eigenvalue weighted by atomic mass is 10.1. The summed E-state index contributed by atoms with van der Waals surface area (Å²) < 4.78 is 15.7. The molecular weight excluding hydrogens is 208 g/mol. The van der Waals surface area contributed by atoms with Gasteiger partial charge in [0.25, 0.3) is 0 Å². The van der Waals surface area contributed by atoms with Gasteiger partial charge in [-0.2, -0.15) is 0 Å². The van der Waals surface area contributed by atoms with Crippen molar-refractivity contribution in [3.8, 4) is 11.5 Å². The summed E-state index contributed by atoms with van der Waals surface area (Å²) in [6, 6.07) is 5.16. The standard InChI is InChI=1S/C12H14O4/c1-8(13)9-3-4-11(12(5-9)14-2)16-7-10-6-15-10/h3-5,10H,6-7H2,1-2H3/t10-/m0/s1. The number of epoxide rings is 1. The molecule has 86 valence electrons. The topological polar surface area (TPSA) is 48.1 Å². The summed E-state index contributed by atoms with van der Waals surface area (Å²) in [5, 5.41) is 0. The number of carbonyl (C=O) groups is 1. The molecule has 16 heavy (non-hydrogen) atoms. The molecule has 2 rings (SSSR count). The fourth-order valence-electron chi connectivity index (χ4n) is 1.35. The number of Topliss-reactive ketones (excluding diaryl/α,β-unsaturated/α-hetero) is 1. The number of ether oxygens (including phenoxy) is 3. The molecule has 0 amide bonds. The third kappa shape index (κ3) is 2.52. The van der Waals surface area contributed by atoms with Crippen LogP contribution in [0, 0.1) is 0 Å². The highest BCUT2D eigenvalue weighted by Crippen LogP contribution is 2.29. The number of rotatable bonds is 5. The molecule has 1 aromatic rings. The normalized spacial score (nSPS) is 18.0. The highest BCUT2D eigenvalue weighted by atomic mass is 16.6. The molecule has 0 spiro atoms. The van der Waals surface area contributed by atoms with E-state index in [1.54, 1.807) is 25.3 Å². The van der Waals surface area contributed by atoms with Gasteiger partial charge in [-0.3, -0.25) is 4.79 Å². The van der Waals surface area contributed by atoms with Gasteiger partial charge in [0.15, 0.2) is 17.3 Å². The summed E-state index contributed by atoms with van der Waals surface area (Å²) in [5.41, 5.74) is 0.617. The predicted octanol–water partition coefficient (Wildman–Crippen LogP) is 1.68. The zero-order valence-electron chi connectivity index (χ0n) is 9.36. The van der Waals surface area contributed by atoms with Crippen molar-refractivity contribution in [2.75, 3.05) is 20.3 Å². The molecule has 1 aliphatic heterocycles. The number of benzene rings is 1. The van der Waals surface area contributed by atoms with Gasteiger partial charge in [-0.1, -0.05) is 0 Å². The van der Waals surface area contributed by atoms with Crippen molar-refractivity contribution in [3.05, 3.63) is 23.8 Å². The van der Waals surface area contributed by atoms with Gasteiger partial charge in [0.1, 0.15) is 12.7 Å². The van der Waals surface area contributed by atoms with Gasteiger partial charge in [0.2, 0.25) is 0 Å². The highest BCUT2D eigenvalue weighted by Gasteiger charge is 2.23. The van der Waals surface area contributed by atoms with Crippen LogP contribution in [0.1, 0.15) is 17.3 Å². The van der Waals surface area contributed by atoms with E-state index in [1.807, 2.05) is 0 Å². The fourth-order valence-corrected chi connectivity index (χ4v) is 1.35. The van der Waals surface area contributed by atoms with Gasteiger partial charge < -0.3 is 14.2 Å². The van der Waals surface area contributed by atoms with Crippen LogP contribution in [0.2, 0.25) is 0 Å². The molecule has 0 radical (unpaired) electrons. The molecule has 1 aliphatic rings. The van der Waals surface area contributed by atoms with E-state index in [0.717, 1.165) is 6.61 Å². The van der Waals surface area contributed by atoms with Crippen LogP contribution >= 0.6 is 0 Å². The molecule has 0 bridgehead atoms. The summed E-state index contributed by atoms with van der Waals surface area (Å²) in [6.07, 6.45) is 0.206. The molecule has 0 N–H and O–H groups in total. The molecule has 4 heteroatoms. The average molecular weight is 222 g/mol. The Balaban J connectivity index is 2.12. The number of hydrogen-bond acceptors (Lipinski definition) is 4. The molecule has 1 saturated heterocycles. The zero-order chi connectivity index (χ0) is 11.5. The molecule has 4 nitrogen and oxygen atoms in total. The minimum atomic E-state index is 0.00961. The van der Waals surface area contributed by atoms with Crippen LogP contribution in [-0.2, 0) is 4.74 Å². The lowest BCUT2D eigenvalue weighted by molar-refractivity contribution is 0.101. The molecular formula is C12H14O4. The maximum absolute atomic E-state index is 11.2. The lowest BCUT2D eigenvalue weighted by Crippen LogP contribution is -2.05. The summed E-state index contributed by atoms with van der Waals surface area (Å²) >= 11 is 0. The van der Waals surface area contributed by atoms with Crippen molar-refractivity contribution >= 4 is 5.78 Å². The van der Waals surface area contributed by atoms with E-state index in [1.165, 1.54) is 6.92 Å². The van der Waals surface area contributed by atoms with Crippen LogP contribution in [0.25, 0.3) is 0 Å². The molecule has 0 unspecified atom stereocenters. The third-order valence-corrected chi connectivity index (χ3v) is 2.40. The highest BCUT2D eigenvalue weighted by molar-refractivity contribution is 5.94. The van der Waals surface area contributed by atoms with Crippen molar-refractivity contribution in [1.82, 2.24) is 0 Å². The van der Waals surface area contributed by atoms with Crippen LogP contribution in [0.4, 0.5) is 0 Å². The SMILES string of the molecule is COc1cc(C(C)=O)ccc1OC[C@@H]1CO1. The number of ketones is 1. The van der Waals surface area contributed by atoms with Crippen LogP contribution in [0.15, 0.2) is 18.2 Å². The molecule has 0 aromatic heterocycles. The summed E-state index contributed by atoms with van der Waals surface area (Å²) in [4.78, 5) is 11.2. The molecule has 0 saturated carbocycles. The van der Waals surface area contributed by atoms with Gasteiger partial charge in [-0.15, -0.1) is 0 Å². The van der Waals surface area contributed by atoms with E-state index in [2.05, 4.69) is 0 Å². The average Bonchev–Trinajstić information content (AvgIpc) is 3.09. The van der Waals surface area contributed by atoms with Crippen molar-refractivity contribution in [3.63, 3.8) is 0 Å². The summed E-state index contributed by atoms with van der Waals surface area (Å²) in [6.45, 7) is 2.80. The number of methoxy groups -OCH3 is 1. The van der Waals surface area contributed by atoms with E-state index in [9.17, 15) is 4.79 Å². The molecule has 1 atom stereocenters. The summed E-state index contributed by atoms with van der Waals surface area (Å²) in [5.74, 6) is 1.23. The van der Waals surface area contributed by atoms with Gasteiger partial charge in [0, 0.05) is 5.56 Å². The third-order valence-electron chi connectivity index (χ3n) is 2.40. The zero-order valence-corrected chi connectivity index (χ0v) is 9.36. The quantitative estimate of drug-likeness (QED) is 0.561. The Morgan fingerprint density at radius 2 is 2.25 bits per heavy atom. The monoisotopic (exact) mass is 222 g/mol. The van der Waals surface area contributed by atoms with E-state index < -0.39 is 0 Å². The van der Waals surface area contributed by atoms with Crippen molar-refractivity contribution in [1.29, 1.82) is 0 Å². The maximum atomic E-state index is 11.2. The lowest BCUT2D eigenvalue weighted by Gasteiger charge is -2.10. The smallest absolute Gasteiger partial charge is 0.161 e. The van der Waals surface area contributed by atoms with Crippen LogP contribution < -0.4 is 9.47 Å². The Morgan fingerprint density at radius 3 is 2.81 bits per heavy atom. The Hall–Kier alpha value is -1.55. The minimum Gasteiger partial charge on any atom is -0.493 e. The second kappa shape index (κ2) is 4.53. The van der Waals surface area contributed by atoms with Crippen molar-refractivity contribution in [2.24, 2.45) is 0 Å². The fraction of sp³-hybridized carbons (Fsp3) is 0.417. The van der Waals surface area contributed by atoms with Crippen molar-refractivity contribution in [2.45, 2.75) is 13.0 Å². The molecule has 0 aliphatic carbocycles. The first-order valence-corrected chi connectivity index (χ1v) is 5.14. The molecule has 1 heterocycles. The second-order valence-corrected chi connectivity index (χ2v) is 3.69. The van der Waals surface area contributed by atoms with Crippen LogP contribution in [-0.4, -0.2) is 32.2 Å². The van der Waals surface area contributed by atoms with E-state index in [0.29, 0.717) is 23.7 Å². The number of carbonyl (C=O) groups excluding carboxylic acids is 1. The largest absolute Gasteiger partial charge is 0.493 e. The van der Waals surface area contributed by atoms with Crippen LogP contribution in [0.3, 0.4) is 0 Å². The molecule has 1 aromatic carbocycles. The first-order chi connectivity index (χ1) is 7.70. The van der Waals surface area contributed by atoms with Gasteiger partial charge in [0.05, 0.1) is 13.7 Å². The number of hydrogen-bond donors (Lipinski definition) is 0. The first kappa shape index (κ1) is 11.0. The predicted molar refractivity (Wildman–Crippen MR) is 58.2 cm³/mol.